The van der Waals surface area contributed by atoms with Gasteiger partial charge in [-0.3, -0.25) is 0 Å². The summed E-state index contributed by atoms with van der Waals surface area (Å²) in [5.74, 6) is 0.00383. The molecule has 0 aliphatic carbocycles. The van der Waals surface area contributed by atoms with Gasteiger partial charge in [0.2, 0.25) is 0 Å². The number of hydrogen-bond acceptors (Lipinski definition) is 3. The third kappa shape index (κ3) is 4.41. The summed E-state index contributed by atoms with van der Waals surface area (Å²) in [6.45, 7) is 7.72. The van der Waals surface area contributed by atoms with Crippen LogP contribution in [0.4, 0.5) is 5.69 Å². The van der Waals surface area contributed by atoms with Gasteiger partial charge in [0.15, 0.2) is 0 Å². The van der Waals surface area contributed by atoms with Crippen LogP contribution in [0.3, 0.4) is 0 Å². The van der Waals surface area contributed by atoms with E-state index in [1.165, 1.54) is 0 Å². The van der Waals surface area contributed by atoms with Gasteiger partial charge in [-0.2, -0.15) is 5.26 Å². The first-order chi connectivity index (χ1) is 8.99. The number of anilines is 1. The lowest BCUT2D eigenvalue weighted by atomic mass is 10.1. The topological polar surface area (TPSA) is 39.1 Å². The molecule has 19 heavy (non-hydrogen) atoms. The van der Waals surface area contributed by atoms with Crippen LogP contribution < -0.4 is 10.2 Å². The molecule has 0 aliphatic rings. The van der Waals surface area contributed by atoms with E-state index in [1.54, 1.807) is 0 Å². The fourth-order valence-corrected chi connectivity index (χ4v) is 2.42. The molecule has 3 nitrogen and oxygen atoms in total. The Morgan fingerprint density at radius 2 is 2.11 bits per heavy atom. The second-order valence-electron chi connectivity index (χ2n) is 4.90. The van der Waals surface area contributed by atoms with Gasteiger partial charge in [-0.05, 0) is 38.1 Å². The van der Waals surface area contributed by atoms with E-state index in [0.29, 0.717) is 6.54 Å². The lowest BCUT2D eigenvalue weighted by molar-refractivity contribution is 0.598. The van der Waals surface area contributed by atoms with Gasteiger partial charge in [0, 0.05) is 30.3 Å². The average Bonchev–Trinajstić information content (AvgIpc) is 2.38. The highest BCUT2D eigenvalue weighted by atomic mass is 35.5. The molecule has 104 valence electrons. The van der Waals surface area contributed by atoms with Gasteiger partial charge in [0.25, 0.3) is 0 Å². The number of rotatable bonds is 6. The van der Waals surface area contributed by atoms with Gasteiger partial charge in [0.1, 0.15) is 0 Å². The zero-order chi connectivity index (χ0) is 14.4. The molecule has 0 heterocycles. The Morgan fingerprint density at radius 3 is 2.63 bits per heavy atom. The number of benzene rings is 1. The summed E-state index contributed by atoms with van der Waals surface area (Å²) in [5.41, 5.74) is 2.15. The average molecular weight is 280 g/mol. The van der Waals surface area contributed by atoms with E-state index in [4.69, 9.17) is 16.9 Å². The van der Waals surface area contributed by atoms with Gasteiger partial charge in [0.05, 0.1) is 12.0 Å². The van der Waals surface area contributed by atoms with Crippen LogP contribution in [0.25, 0.3) is 0 Å². The van der Waals surface area contributed by atoms with Crippen molar-refractivity contribution in [1.29, 1.82) is 5.26 Å². The molecular weight excluding hydrogens is 258 g/mol. The number of nitrogens with one attached hydrogen (secondary N) is 1. The molecule has 0 bridgehead atoms. The van der Waals surface area contributed by atoms with Crippen molar-refractivity contribution in [2.24, 2.45) is 5.92 Å². The largest absolute Gasteiger partial charge is 0.373 e. The van der Waals surface area contributed by atoms with Crippen molar-refractivity contribution < 1.29 is 0 Å². The van der Waals surface area contributed by atoms with Crippen LogP contribution in [-0.4, -0.2) is 20.1 Å². The van der Waals surface area contributed by atoms with Gasteiger partial charge >= 0.3 is 0 Å². The first-order valence-electron chi connectivity index (χ1n) is 6.63. The first-order valence-corrected chi connectivity index (χ1v) is 7.01. The summed E-state index contributed by atoms with van der Waals surface area (Å²) in [5, 5.41) is 13.0. The molecule has 2 atom stereocenters. The lowest BCUT2D eigenvalue weighted by Crippen LogP contribution is -2.23. The molecule has 0 radical (unpaired) electrons. The molecule has 1 aromatic rings. The monoisotopic (exact) mass is 279 g/mol. The molecule has 2 unspecified atom stereocenters. The Bertz CT molecular complexity index is 453. The Hall–Kier alpha value is -1.24. The Balaban J connectivity index is 2.84. The van der Waals surface area contributed by atoms with E-state index < -0.39 is 0 Å². The fraction of sp³-hybridized carbons (Fsp3) is 0.533. The summed E-state index contributed by atoms with van der Waals surface area (Å²) >= 11 is 6.34. The summed E-state index contributed by atoms with van der Waals surface area (Å²) in [6.07, 6.45) is 0. The number of nitrogens with zero attached hydrogens (tertiary/aromatic N) is 2. The third-order valence-electron chi connectivity index (χ3n) is 3.17. The zero-order valence-corrected chi connectivity index (χ0v) is 12.8. The second kappa shape index (κ2) is 7.37. The maximum absolute atomic E-state index is 8.85. The summed E-state index contributed by atoms with van der Waals surface area (Å²) < 4.78 is 0. The van der Waals surface area contributed by atoms with Crippen LogP contribution in [0.1, 0.15) is 32.4 Å². The molecule has 0 amide bonds. The summed E-state index contributed by atoms with van der Waals surface area (Å²) in [6, 6.07) is 8.56. The number of halogens is 1. The Kier molecular flexibility index (Phi) is 6.14. The number of hydrogen-bond donors (Lipinski definition) is 1. The summed E-state index contributed by atoms with van der Waals surface area (Å²) in [7, 11) is 1.98. The van der Waals surface area contributed by atoms with Crippen LogP contribution in [0.5, 0.6) is 0 Å². The molecule has 0 saturated heterocycles. The van der Waals surface area contributed by atoms with Gasteiger partial charge in [-0.15, -0.1) is 0 Å². The standard InChI is InChI=1S/C15H22ClN3/c1-5-18-12(3)14-7-6-13(8-15(14)16)19(4)10-11(2)9-17/h6-8,11-12,18H,5,10H2,1-4H3. The molecule has 0 fully saturated rings. The Morgan fingerprint density at radius 1 is 1.42 bits per heavy atom. The van der Waals surface area contributed by atoms with Crippen molar-refractivity contribution in [3.8, 4) is 6.07 Å². The van der Waals surface area contributed by atoms with Crippen molar-refractivity contribution in [3.63, 3.8) is 0 Å². The molecule has 0 saturated carbocycles. The lowest BCUT2D eigenvalue weighted by Gasteiger charge is -2.22. The van der Waals surface area contributed by atoms with Crippen molar-refractivity contribution >= 4 is 17.3 Å². The van der Waals surface area contributed by atoms with Crippen molar-refractivity contribution in [2.75, 3.05) is 25.0 Å². The van der Waals surface area contributed by atoms with Gasteiger partial charge in [-0.1, -0.05) is 24.6 Å². The molecule has 4 heteroatoms. The SMILES string of the molecule is CCNC(C)c1ccc(N(C)CC(C)C#N)cc1Cl. The minimum Gasteiger partial charge on any atom is -0.373 e. The molecule has 0 aromatic heterocycles. The first kappa shape index (κ1) is 15.8. The highest BCUT2D eigenvalue weighted by molar-refractivity contribution is 6.31. The van der Waals surface area contributed by atoms with E-state index in [9.17, 15) is 0 Å². The third-order valence-corrected chi connectivity index (χ3v) is 3.50. The van der Waals surface area contributed by atoms with E-state index in [0.717, 1.165) is 22.8 Å². The van der Waals surface area contributed by atoms with Gasteiger partial charge in [-0.25, -0.2) is 0 Å². The second-order valence-corrected chi connectivity index (χ2v) is 5.30. The van der Waals surface area contributed by atoms with Crippen LogP contribution in [0.15, 0.2) is 18.2 Å². The van der Waals surface area contributed by atoms with Crippen molar-refractivity contribution in [1.82, 2.24) is 5.32 Å². The molecule has 1 N–H and O–H groups in total. The highest BCUT2D eigenvalue weighted by Gasteiger charge is 2.11. The minimum absolute atomic E-state index is 0.00383. The molecule has 1 rings (SSSR count). The van der Waals surface area contributed by atoms with E-state index >= 15 is 0 Å². The zero-order valence-electron chi connectivity index (χ0n) is 12.1. The predicted octanol–water partition coefficient (Wildman–Crippen LogP) is 3.61. The van der Waals surface area contributed by atoms with E-state index in [2.05, 4.69) is 42.3 Å². The van der Waals surface area contributed by atoms with Gasteiger partial charge < -0.3 is 10.2 Å². The van der Waals surface area contributed by atoms with Crippen LogP contribution in [0, 0.1) is 17.2 Å². The van der Waals surface area contributed by atoms with Crippen LogP contribution >= 0.6 is 11.6 Å². The number of nitriles is 1. The molecule has 1 aromatic carbocycles. The maximum atomic E-state index is 8.85. The normalized spacial score (nSPS) is 13.7. The molecule has 0 spiro atoms. The minimum atomic E-state index is 0.00383. The quantitative estimate of drug-likeness (QED) is 0.865. The maximum Gasteiger partial charge on any atom is 0.0671 e. The fourth-order valence-electron chi connectivity index (χ4n) is 2.08. The van der Waals surface area contributed by atoms with Crippen molar-refractivity contribution in [2.45, 2.75) is 26.8 Å². The Labute approximate surface area is 121 Å². The highest BCUT2D eigenvalue weighted by Crippen LogP contribution is 2.27. The predicted molar refractivity (Wildman–Crippen MR) is 81.6 cm³/mol. The smallest absolute Gasteiger partial charge is 0.0671 e. The molecule has 0 aliphatic heterocycles. The molecular formula is C15H22ClN3. The van der Waals surface area contributed by atoms with E-state index in [-0.39, 0.29) is 12.0 Å². The van der Waals surface area contributed by atoms with Crippen LogP contribution in [0.2, 0.25) is 5.02 Å². The summed E-state index contributed by atoms with van der Waals surface area (Å²) in [4.78, 5) is 2.06. The van der Waals surface area contributed by atoms with E-state index in [1.807, 2.05) is 20.0 Å². The van der Waals surface area contributed by atoms with Crippen molar-refractivity contribution in [3.05, 3.63) is 28.8 Å². The van der Waals surface area contributed by atoms with Crippen LogP contribution in [-0.2, 0) is 0 Å².